The first-order chi connectivity index (χ1) is 15.2. The van der Waals surface area contributed by atoms with E-state index < -0.39 is 14.9 Å². The lowest BCUT2D eigenvalue weighted by Crippen LogP contribution is -2.13. The third kappa shape index (κ3) is 4.33. The average molecular weight is 513 g/mol. The molecule has 4 rings (SSSR count). The monoisotopic (exact) mass is 511 g/mol. The fraction of sp³-hybridized carbons (Fsp3) is 0. The highest BCUT2D eigenvalue weighted by Crippen LogP contribution is 2.41. The number of halogens is 3. The molecule has 1 aromatic heterocycles. The minimum atomic E-state index is -4.04. The van der Waals surface area contributed by atoms with E-state index in [1.165, 1.54) is 24.3 Å². The maximum atomic E-state index is 12.9. The Morgan fingerprint density at radius 2 is 1.69 bits per heavy atom. The number of nitrogens with one attached hydrogen (secondary N) is 2. The number of para-hydroxylation sites is 1. The summed E-state index contributed by atoms with van der Waals surface area (Å²) in [7, 11) is -4.04. The molecule has 0 bridgehead atoms. The second-order valence-corrected chi connectivity index (χ2v) is 9.45. The number of hydrogen-bond acceptors (Lipinski definition) is 5. The van der Waals surface area contributed by atoms with Gasteiger partial charge in [-0.2, -0.15) is 0 Å². The first kappa shape index (κ1) is 22.2. The van der Waals surface area contributed by atoms with Gasteiger partial charge in [0, 0.05) is 23.7 Å². The number of ether oxygens (including phenoxy) is 1. The molecule has 1 heterocycles. The van der Waals surface area contributed by atoms with Crippen LogP contribution in [-0.4, -0.2) is 18.3 Å². The Morgan fingerprint density at radius 1 is 0.969 bits per heavy atom. The lowest BCUT2D eigenvalue weighted by Gasteiger charge is -2.14. The fourth-order valence-electron chi connectivity index (χ4n) is 2.96. The summed E-state index contributed by atoms with van der Waals surface area (Å²) in [5.74, 6) is 0.0164. The van der Waals surface area contributed by atoms with Crippen LogP contribution >= 0.6 is 34.8 Å². The Bertz CT molecular complexity index is 1450. The summed E-state index contributed by atoms with van der Waals surface area (Å²) >= 11 is 18.5. The smallest absolute Gasteiger partial charge is 0.271 e. The number of hydrogen-bond donors (Lipinski definition) is 2. The number of aromatic nitrogens is 1. The van der Waals surface area contributed by atoms with E-state index in [0.29, 0.717) is 11.2 Å². The molecule has 3 aromatic carbocycles. The predicted octanol–water partition coefficient (Wildman–Crippen LogP) is 6.63. The number of non-ortho nitro benzene ring substituents is 1. The van der Waals surface area contributed by atoms with E-state index in [2.05, 4.69) is 9.71 Å². The summed E-state index contributed by atoms with van der Waals surface area (Å²) in [4.78, 5) is 13.0. The van der Waals surface area contributed by atoms with E-state index in [1.54, 1.807) is 18.3 Å². The highest BCUT2D eigenvalue weighted by atomic mass is 35.5. The number of benzene rings is 3. The molecule has 32 heavy (non-hydrogen) atoms. The number of rotatable bonds is 6. The molecule has 0 fully saturated rings. The van der Waals surface area contributed by atoms with Crippen molar-refractivity contribution in [3.05, 3.63) is 86.0 Å². The van der Waals surface area contributed by atoms with Crippen molar-refractivity contribution in [2.24, 2.45) is 0 Å². The topological polar surface area (TPSA) is 114 Å². The van der Waals surface area contributed by atoms with Crippen molar-refractivity contribution in [1.29, 1.82) is 0 Å². The fourth-order valence-corrected chi connectivity index (χ4v) is 4.99. The minimum absolute atomic E-state index is 0.0382. The van der Waals surface area contributed by atoms with E-state index >= 15 is 0 Å². The van der Waals surface area contributed by atoms with E-state index in [-0.39, 0.29) is 37.1 Å². The van der Waals surface area contributed by atoms with E-state index in [4.69, 9.17) is 39.5 Å². The van der Waals surface area contributed by atoms with Gasteiger partial charge in [-0.15, -0.1) is 0 Å². The molecule has 0 saturated carbocycles. The van der Waals surface area contributed by atoms with Gasteiger partial charge in [-0.1, -0.05) is 46.9 Å². The zero-order valence-corrected chi connectivity index (χ0v) is 18.9. The van der Waals surface area contributed by atoms with Crippen molar-refractivity contribution in [2.45, 2.75) is 4.90 Å². The Labute approximate surface area is 196 Å². The Kier molecular flexibility index (Phi) is 5.91. The molecule has 0 aliphatic heterocycles. The second-order valence-electron chi connectivity index (χ2n) is 6.54. The third-order valence-electron chi connectivity index (χ3n) is 4.45. The van der Waals surface area contributed by atoms with Gasteiger partial charge in [-0.25, -0.2) is 8.42 Å². The van der Waals surface area contributed by atoms with E-state index in [9.17, 15) is 18.5 Å². The van der Waals surface area contributed by atoms with Gasteiger partial charge in [0.25, 0.3) is 15.7 Å². The molecule has 8 nitrogen and oxygen atoms in total. The maximum absolute atomic E-state index is 12.9. The highest BCUT2D eigenvalue weighted by molar-refractivity contribution is 7.92. The molecule has 0 atom stereocenters. The van der Waals surface area contributed by atoms with Gasteiger partial charge in [0.15, 0.2) is 5.75 Å². The summed E-state index contributed by atoms with van der Waals surface area (Å²) in [6.45, 7) is 0. The predicted molar refractivity (Wildman–Crippen MR) is 124 cm³/mol. The normalized spacial score (nSPS) is 11.5. The lowest BCUT2D eigenvalue weighted by atomic mass is 10.2. The maximum Gasteiger partial charge on any atom is 0.271 e. The van der Waals surface area contributed by atoms with Gasteiger partial charge in [0.1, 0.15) is 5.75 Å². The summed E-state index contributed by atoms with van der Waals surface area (Å²) in [6, 6.07) is 13.0. The first-order valence-electron chi connectivity index (χ1n) is 8.85. The SMILES string of the molecule is O=[N+]([O-])c1ccc(Oc2c(Cl)cc(S(=O)(=O)Nc3cccc4cc[nH]c34)cc2Cl)c(Cl)c1. The van der Waals surface area contributed by atoms with Gasteiger partial charge in [0.05, 0.1) is 36.1 Å². The standard InChI is InChI=1S/C20H12Cl3N3O5S/c21-14-8-12(26(27)28)4-5-18(14)31-20-15(22)9-13(10-16(20)23)32(29,30)25-17-3-1-2-11-6-7-24-19(11)17/h1-10,24-25H. The van der Waals surface area contributed by atoms with Gasteiger partial charge < -0.3 is 9.72 Å². The molecule has 2 N–H and O–H groups in total. The molecule has 0 radical (unpaired) electrons. The summed E-state index contributed by atoms with van der Waals surface area (Å²) in [5.41, 5.74) is 0.767. The molecule has 12 heteroatoms. The van der Waals surface area contributed by atoms with Crippen LogP contribution in [0.15, 0.2) is 65.7 Å². The van der Waals surface area contributed by atoms with Crippen LogP contribution in [0.3, 0.4) is 0 Å². The van der Waals surface area contributed by atoms with Gasteiger partial charge >= 0.3 is 0 Å². The van der Waals surface area contributed by atoms with Crippen LogP contribution in [0, 0.1) is 10.1 Å². The number of aromatic amines is 1. The number of nitrogens with zero attached hydrogens (tertiary/aromatic N) is 1. The highest BCUT2D eigenvalue weighted by Gasteiger charge is 2.22. The number of anilines is 1. The number of sulfonamides is 1. The summed E-state index contributed by atoms with van der Waals surface area (Å²) in [5, 5.41) is 11.5. The quantitative estimate of drug-likeness (QED) is 0.222. The zero-order valence-electron chi connectivity index (χ0n) is 15.8. The van der Waals surface area contributed by atoms with Crippen LogP contribution in [0.2, 0.25) is 15.1 Å². The Morgan fingerprint density at radius 3 is 2.34 bits per heavy atom. The van der Waals surface area contributed by atoms with Crippen molar-refractivity contribution < 1.29 is 18.1 Å². The average Bonchev–Trinajstić information content (AvgIpc) is 3.21. The van der Waals surface area contributed by atoms with Gasteiger partial charge in [0.2, 0.25) is 0 Å². The lowest BCUT2D eigenvalue weighted by molar-refractivity contribution is -0.384. The summed E-state index contributed by atoms with van der Waals surface area (Å²) in [6.07, 6.45) is 1.70. The molecule has 0 aliphatic carbocycles. The van der Waals surface area contributed by atoms with Crippen LogP contribution in [-0.2, 0) is 10.0 Å². The molecule has 0 unspecified atom stereocenters. The van der Waals surface area contributed by atoms with Crippen molar-refractivity contribution in [3.8, 4) is 11.5 Å². The number of nitro benzene ring substituents is 1. The van der Waals surface area contributed by atoms with Crippen LogP contribution in [0.1, 0.15) is 0 Å². The van der Waals surface area contributed by atoms with E-state index in [1.807, 2.05) is 12.1 Å². The third-order valence-corrected chi connectivity index (χ3v) is 6.65. The van der Waals surface area contributed by atoms with Gasteiger partial charge in [-0.3, -0.25) is 14.8 Å². The molecule has 164 valence electrons. The molecular weight excluding hydrogens is 501 g/mol. The molecule has 4 aromatic rings. The Balaban J connectivity index is 1.65. The van der Waals surface area contributed by atoms with Gasteiger partial charge in [-0.05, 0) is 30.3 Å². The number of fused-ring (bicyclic) bond motifs is 1. The van der Waals surface area contributed by atoms with E-state index in [0.717, 1.165) is 11.5 Å². The minimum Gasteiger partial charge on any atom is -0.453 e. The molecule has 0 saturated heterocycles. The van der Waals surface area contributed by atoms with Crippen molar-refractivity contribution in [2.75, 3.05) is 4.72 Å². The Hall–Kier alpha value is -2.98. The largest absolute Gasteiger partial charge is 0.453 e. The zero-order chi connectivity index (χ0) is 23.0. The molecule has 0 amide bonds. The second kappa shape index (κ2) is 8.51. The van der Waals surface area contributed by atoms with Crippen molar-refractivity contribution >= 4 is 67.1 Å². The van der Waals surface area contributed by atoms with Crippen LogP contribution < -0.4 is 9.46 Å². The molecule has 0 aliphatic rings. The number of H-pyrrole nitrogens is 1. The van der Waals surface area contributed by atoms with Crippen molar-refractivity contribution in [3.63, 3.8) is 0 Å². The van der Waals surface area contributed by atoms with Crippen LogP contribution in [0.4, 0.5) is 11.4 Å². The van der Waals surface area contributed by atoms with Crippen LogP contribution in [0.25, 0.3) is 10.9 Å². The molecule has 0 spiro atoms. The first-order valence-corrected chi connectivity index (χ1v) is 11.5. The number of nitro groups is 1. The van der Waals surface area contributed by atoms with Crippen LogP contribution in [0.5, 0.6) is 11.5 Å². The molecular formula is C20H12Cl3N3O5S. The van der Waals surface area contributed by atoms with Crippen molar-refractivity contribution in [1.82, 2.24) is 4.98 Å². The summed E-state index contributed by atoms with van der Waals surface area (Å²) < 4.78 is 34.0.